The molecule has 4 heterocycles. The van der Waals surface area contributed by atoms with E-state index >= 15 is 0 Å². The number of halogens is 3. The van der Waals surface area contributed by atoms with E-state index in [1.54, 1.807) is 55.5 Å². The fraction of sp³-hybridized carbons (Fsp3) is 0.188. The quantitative estimate of drug-likeness (QED) is 0.187. The Hall–Kier alpha value is -5.28. The first-order valence-electron chi connectivity index (χ1n) is 14.4. The Morgan fingerprint density at radius 3 is 2.51 bits per heavy atom. The number of pyridine rings is 1. The first kappa shape index (κ1) is 31.7. The number of alkyl halides is 3. The molecule has 3 aromatic heterocycles. The minimum absolute atomic E-state index is 0.0503. The molecule has 1 atom stereocenters. The second-order valence-electron chi connectivity index (χ2n) is 10.7. The smallest absolute Gasteiger partial charge is 0.409 e. The second kappa shape index (κ2) is 12.1. The molecule has 5 aromatic rings. The fourth-order valence-corrected chi connectivity index (χ4v) is 6.42. The minimum atomic E-state index is -4.56. The molecule has 0 saturated heterocycles. The van der Waals surface area contributed by atoms with E-state index in [9.17, 15) is 26.4 Å². The van der Waals surface area contributed by atoms with Gasteiger partial charge in [-0.25, -0.2) is 27.6 Å². The van der Waals surface area contributed by atoms with Gasteiger partial charge in [0.1, 0.15) is 6.04 Å². The average molecular weight is 664 g/mol. The molecule has 1 aliphatic rings. The number of carbonyl (C=O) groups excluding carboxylic acids is 1. The molecule has 11 nitrogen and oxygen atoms in total. The summed E-state index contributed by atoms with van der Waals surface area (Å²) >= 11 is 0. The molecule has 0 saturated carbocycles. The number of nitrogens with one attached hydrogen (secondary N) is 2. The largest absolute Gasteiger partial charge is 0.462 e. The van der Waals surface area contributed by atoms with Crippen molar-refractivity contribution < 1.29 is 31.1 Å². The third-order valence-corrected chi connectivity index (χ3v) is 9.11. The second-order valence-corrected chi connectivity index (χ2v) is 12.5. The third-order valence-electron chi connectivity index (χ3n) is 7.41. The molecule has 47 heavy (non-hydrogen) atoms. The van der Waals surface area contributed by atoms with Crippen LogP contribution in [0.5, 0.6) is 0 Å². The van der Waals surface area contributed by atoms with Crippen LogP contribution in [0.3, 0.4) is 0 Å². The fourth-order valence-electron chi connectivity index (χ4n) is 5.07. The number of esters is 1. The summed E-state index contributed by atoms with van der Waals surface area (Å²) in [6.45, 7) is 5.19. The van der Waals surface area contributed by atoms with Crippen molar-refractivity contribution in [3.8, 4) is 11.1 Å². The van der Waals surface area contributed by atoms with Crippen molar-refractivity contribution >= 4 is 44.3 Å². The van der Waals surface area contributed by atoms with Crippen LogP contribution >= 0.6 is 0 Å². The van der Waals surface area contributed by atoms with E-state index in [0.717, 1.165) is 11.6 Å². The number of nitrogens with zero attached hydrogens (tertiary/aromatic N) is 5. The van der Waals surface area contributed by atoms with Crippen molar-refractivity contribution in [2.75, 3.05) is 16.9 Å². The number of anilines is 3. The highest BCUT2D eigenvalue weighted by molar-refractivity contribution is 7.90. The van der Waals surface area contributed by atoms with Gasteiger partial charge in [-0.2, -0.15) is 18.2 Å². The summed E-state index contributed by atoms with van der Waals surface area (Å²) in [7, 11) is -3.85. The summed E-state index contributed by atoms with van der Waals surface area (Å²) in [6, 6.07) is 12.8. The molecule has 0 spiro atoms. The van der Waals surface area contributed by atoms with Crippen molar-refractivity contribution in [1.82, 2.24) is 24.4 Å². The summed E-state index contributed by atoms with van der Waals surface area (Å²) in [6.07, 6.45) is 2.13. The lowest BCUT2D eigenvalue weighted by Crippen LogP contribution is -2.45. The van der Waals surface area contributed by atoms with Crippen LogP contribution < -0.4 is 15.8 Å². The van der Waals surface area contributed by atoms with Gasteiger partial charge in [0.05, 0.1) is 22.6 Å². The zero-order valence-electron chi connectivity index (χ0n) is 25.3. The molecular formula is C32H28F3N7O4S. The van der Waals surface area contributed by atoms with Gasteiger partial charge < -0.3 is 10.1 Å². The van der Waals surface area contributed by atoms with Crippen LogP contribution in [0.2, 0.25) is 0 Å². The number of aromatic nitrogens is 4. The normalized spacial score (nSPS) is 15.1. The molecule has 1 unspecified atom stereocenters. The Kier molecular flexibility index (Phi) is 8.19. The number of hydrogen-bond donors (Lipinski definition) is 2. The van der Waals surface area contributed by atoms with Crippen LogP contribution in [0, 0.1) is 6.92 Å². The average Bonchev–Trinajstić information content (AvgIpc) is 3.65. The Bertz CT molecular complexity index is 2130. The van der Waals surface area contributed by atoms with Crippen molar-refractivity contribution in [3.05, 3.63) is 102 Å². The molecule has 1 aliphatic heterocycles. The van der Waals surface area contributed by atoms with E-state index in [0.29, 0.717) is 27.7 Å². The van der Waals surface area contributed by atoms with E-state index in [1.807, 2.05) is 6.92 Å². The minimum Gasteiger partial charge on any atom is -0.462 e. The molecule has 15 heteroatoms. The maximum Gasteiger partial charge on any atom is 0.409 e. The highest BCUT2D eigenvalue weighted by Gasteiger charge is 2.43. The Labute approximate surface area is 267 Å². The maximum atomic E-state index is 13.7. The number of aryl methyl sites for hydroxylation is 1. The predicted molar refractivity (Wildman–Crippen MR) is 169 cm³/mol. The Morgan fingerprint density at radius 2 is 1.81 bits per heavy atom. The van der Waals surface area contributed by atoms with Gasteiger partial charge in [0, 0.05) is 52.7 Å². The molecule has 2 aromatic carbocycles. The lowest BCUT2D eigenvalue weighted by atomic mass is 10.1. The Morgan fingerprint density at radius 1 is 1.04 bits per heavy atom. The van der Waals surface area contributed by atoms with Crippen molar-refractivity contribution in [1.29, 1.82) is 0 Å². The number of ether oxygens (including phenoxy) is 1. The van der Waals surface area contributed by atoms with Gasteiger partial charge >= 0.3 is 12.1 Å². The topological polar surface area (TPSA) is 131 Å². The highest BCUT2D eigenvalue weighted by atomic mass is 32.2. The SMILES string of the molecule is CCOC(=O)c1cncc(-c2cnc(Nc3ccc4c(ccn4S(=O)(=O)c4ccc(C)cc4)c3)nc2N2NC(C(F)(F)F)C=C2C)c1. The molecule has 0 bridgehead atoms. The standard InChI is InChI=1S/C32H28F3N7O4S/c1-4-46-30(43)23-14-22(16-36-17-23)26-18-37-31(39-29(26)42-20(3)13-28(40-42)32(33,34)35)38-24-7-10-27-21(15-24)11-12-41(27)47(44,45)25-8-5-19(2)6-9-25/h5-18,28,40H,4H2,1-3H3,(H,37,38,39). The van der Waals surface area contributed by atoms with E-state index < -0.39 is 28.2 Å². The summed E-state index contributed by atoms with van der Waals surface area (Å²) in [5.74, 6) is -0.484. The maximum absolute atomic E-state index is 13.7. The van der Waals surface area contributed by atoms with E-state index in [4.69, 9.17) is 4.74 Å². The van der Waals surface area contributed by atoms with Gasteiger partial charge in [0.2, 0.25) is 5.95 Å². The number of allylic oxidation sites excluding steroid dienone is 1. The van der Waals surface area contributed by atoms with E-state index in [2.05, 4.69) is 25.7 Å². The summed E-state index contributed by atoms with van der Waals surface area (Å²) in [5.41, 5.74) is 5.39. The molecule has 2 N–H and O–H groups in total. The van der Waals surface area contributed by atoms with Gasteiger partial charge in [-0.1, -0.05) is 17.7 Å². The van der Waals surface area contributed by atoms with E-state index in [1.165, 1.54) is 46.8 Å². The zero-order chi connectivity index (χ0) is 33.5. The number of benzene rings is 2. The highest BCUT2D eigenvalue weighted by Crippen LogP contribution is 2.36. The molecule has 242 valence electrons. The zero-order valence-corrected chi connectivity index (χ0v) is 26.1. The monoisotopic (exact) mass is 663 g/mol. The van der Waals surface area contributed by atoms with Gasteiger partial charge in [0.25, 0.3) is 10.0 Å². The number of hydrogen-bond acceptors (Lipinski definition) is 10. The number of hydrazine groups is 1. The lowest BCUT2D eigenvalue weighted by molar-refractivity contribution is -0.142. The molecule has 0 amide bonds. The molecule has 0 radical (unpaired) electrons. The number of rotatable bonds is 8. The van der Waals surface area contributed by atoms with Gasteiger partial charge in [-0.3, -0.25) is 9.99 Å². The van der Waals surface area contributed by atoms with Gasteiger partial charge in [-0.15, -0.1) is 0 Å². The lowest BCUT2D eigenvalue weighted by Gasteiger charge is -2.25. The summed E-state index contributed by atoms with van der Waals surface area (Å²) in [5, 5.41) is 4.87. The third kappa shape index (κ3) is 6.26. The van der Waals surface area contributed by atoms with Crippen molar-refractivity contribution in [3.63, 3.8) is 0 Å². The van der Waals surface area contributed by atoms with Gasteiger partial charge in [0.15, 0.2) is 5.82 Å². The summed E-state index contributed by atoms with van der Waals surface area (Å²) in [4.78, 5) is 25.6. The first-order chi connectivity index (χ1) is 22.3. The van der Waals surface area contributed by atoms with Crippen molar-refractivity contribution in [2.24, 2.45) is 0 Å². The van der Waals surface area contributed by atoms with Crippen LogP contribution in [0.25, 0.3) is 22.0 Å². The molecule has 0 fully saturated rings. The van der Waals surface area contributed by atoms with Crippen LogP contribution in [0.1, 0.15) is 29.8 Å². The van der Waals surface area contributed by atoms with Gasteiger partial charge in [-0.05, 0) is 69.3 Å². The first-order valence-corrected chi connectivity index (χ1v) is 15.8. The van der Waals surface area contributed by atoms with Crippen LogP contribution in [-0.4, -0.2) is 52.1 Å². The molecular weight excluding hydrogens is 635 g/mol. The Balaban J connectivity index is 1.36. The number of carbonyl (C=O) groups is 1. The predicted octanol–water partition coefficient (Wildman–Crippen LogP) is 6.12. The van der Waals surface area contributed by atoms with Crippen LogP contribution in [0.15, 0.2) is 96.1 Å². The molecule has 6 rings (SSSR count). The van der Waals surface area contributed by atoms with Crippen molar-refractivity contribution in [2.45, 2.75) is 37.9 Å². The molecule has 0 aliphatic carbocycles. The van der Waals surface area contributed by atoms with Crippen LogP contribution in [-0.2, 0) is 14.8 Å². The number of fused-ring (bicyclic) bond motifs is 1. The summed E-state index contributed by atoms with van der Waals surface area (Å²) < 4.78 is 73.9. The van der Waals surface area contributed by atoms with Crippen LogP contribution in [0.4, 0.5) is 30.6 Å². The van der Waals surface area contributed by atoms with E-state index in [-0.39, 0.29) is 34.5 Å².